The fourth-order valence-corrected chi connectivity index (χ4v) is 2.22. The van der Waals surface area contributed by atoms with Crippen molar-refractivity contribution in [2.45, 2.75) is 17.5 Å². The van der Waals surface area contributed by atoms with Gasteiger partial charge in [-0.25, -0.2) is 9.97 Å². The van der Waals surface area contributed by atoms with Crippen molar-refractivity contribution < 1.29 is 4.79 Å². The van der Waals surface area contributed by atoms with Crippen molar-refractivity contribution in [2.75, 3.05) is 0 Å². The third kappa shape index (κ3) is 1.65. The Balaban J connectivity index is 2.17. The summed E-state index contributed by atoms with van der Waals surface area (Å²) in [5.41, 5.74) is 0.949. The Morgan fingerprint density at radius 2 is 2.15 bits per heavy atom. The quantitative estimate of drug-likeness (QED) is 0.717. The molecule has 4 nitrogen and oxygen atoms in total. The summed E-state index contributed by atoms with van der Waals surface area (Å²) < 4.78 is 0. The molecule has 5 heteroatoms. The Morgan fingerprint density at radius 3 is 2.69 bits per heavy atom. The maximum absolute atomic E-state index is 11.2. The molecule has 0 spiro atoms. The second-order valence-corrected chi connectivity index (χ2v) is 4.29. The van der Waals surface area contributed by atoms with Crippen molar-refractivity contribution in [3.63, 3.8) is 0 Å². The number of nitrogens with zero attached hydrogens (tertiary/aromatic N) is 2. The summed E-state index contributed by atoms with van der Waals surface area (Å²) in [4.78, 5) is 19.0. The van der Waals surface area contributed by atoms with Gasteiger partial charge in [-0.3, -0.25) is 4.79 Å². The van der Waals surface area contributed by atoms with Gasteiger partial charge >= 0.3 is 0 Å². The van der Waals surface area contributed by atoms with Gasteiger partial charge in [0.25, 0.3) is 0 Å². The molecule has 0 bridgehead atoms. The van der Waals surface area contributed by atoms with E-state index in [0.29, 0.717) is 0 Å². The van der Waals surface area contributed by atoms with Gasteiger partial charge in [0.1, 0.15) is 11.7 Å². The van der Waals surface area contributed by atoms with E-state index in [1.807, 2.05) is 6.92 Å². The summed E-state index contributed by atoms with van der Waals surface area (Å²) in [5, 5.41) is 2.90. The van der Waals surface area contributed by atoms with Gasteiger partial charge in [-0.2, -0.15) is 0 Å². The molecule has 1 aliphatic heterocycles. The van der Waals surface area contributed by atoms with Gasteiger partial charge in [0.05, 0.1) is 5.25 Å². The van der Waals surface area contributed by atoms with Gasteiger partial charge in [0.15, 0.2) is 0 Å². The highest BCUT2D eigenvalue weighted by Crippen LogP contribution is 2.34. The molecule has 1 amide bonds. The number of rotatable bonds is 1. The van der Waals surface area contributed by atoms with Crippen LogP contribution in [0.3, 0.4) is 0 Å². The number of hydrogen-bond donors (Lipinski definition) is 1. The number of nitrogens with one attached hydrogen (secondary N) is 1. The van der Waals surface area contributed by atoms with Gasteiger partial charge in [-0.1, -0.05) is 0 Å². The molecular formula is C8H9N3OS. The summed E-state index contributed by atoms with van der Waals surface area (Å²) in [5.74, 6) is 0.0823. The van der Waals surface area contributed by atoms with Crippen molar-refractivity contribution in [3.8, 4) is 0 Å². The van der Waals surface area contributed by atoms with E-state index in [4.69, 9.17) is 0 Å². The highest BCUT2D eigenvalue weighted by atomic mass is 32.2. The van der Waals surface area contributed by atoms with Crippen LogP contribution in [-0.2, 0) is 4.79 Å². The maximum atomic E-state index is 11.2. The van der Waals surface area contributed by atoms with E-state index < -0.39 is 0 Å². The molecule has 2 unspecified atom stereocenters. The lowest BCUT2D eigenvalue weighted by Crippen LogP contribution is -2.22. The largest absolute Gasteiger partial charge is 0.339 e. The topological polar surface area (TPSA) is 54.9 Å². The first-order chi connectivity index (χ1) is 6.27. The summed E-state index contributed by atoms with van der Waals surface area (Å²) in [6.45, 7) is 1.89. The summed E-state index contributed by atoms with van der Waals surface area (Å²) in [6, 6.07) is 0. The molecule has 1 saturated heterocycles. The first kappa shape index (κ1) is 8.50. The van der Waals surface area contributed by atoms with Gasteiger partial charge in [-0.05, 0) is 6.92 Å². The highest BCUT2D eigenvalue weighted by Gasteiger charge is 2.30. The molecule has 2 rings (SSSR count). The van der Waals surface area contributed by atoms with Gasteiger partial charge < -0.3 is 5.32 Å². The Bertz CT molecular complexity index is 316. The molecule has 1 fully saturated rings. The monoisotopic (exact) mass is 195 g/mol. The normalized spacial score (nSPS) is 27.3. The predicted octanol–water partition coefficient (Wildman–Crippen LogP) is 0.727. The fourth-order valence-electron chi connectivity index (χ4n) is 1.15. The Kier molecular flexibility index (Phi) is 2.18. The number of aromatic nitrogens is 2. The van der Waals surface area contributed by atoms with Gasteiger partial charge in [0.2, 0.25) is 5.91 Å². The van der Waals surface area contributed by atoms with Crippen LogP contribution in [0.5, 0.6) is 0 Å². The van der Waals surface area contributed by atoms with Crippen molar-refractivity contribution in [1.82, 2.24) is 15.3 Å². The molecule has 1 aromatic heterocycles. The molecule has 0 saturated carbocycles. The fraction of sp³-hybridized carbons (Fsp3) is 0.375. The molecule has 0 radical (unpaired) electrons. The molecule has 1 aromatic rings. The van der Waals surface area contributed by atoms with E-state index in [-0.39, 0.29) is 16.5 Å². The van der Waals surface area contributed by atoms with E-state index in [0.717, 1.165) is 5.56 Å². The Morgan fingerprint density at radius 1 is 1.46 bits per heavy atom. The van der Waals surface area contributed by atoms with Crippen LogP contribution in [0.4, 0.5) is 0 Å². The van der Waals surface area contributed by atoms with Crippen molar-refractivity contribution >= 4 is 17.7 Å². The van der Waals surface area contributed by atoms with Crippen LogP contribution >= 0.6 is 11.8 Å². The standard InChI is InChI=1S/C8H9N3OS/c1-5-7(12)11-8(13-5)6-2-9-4-10-3-6/h2-5,8H,1H3,(H,11,12). The maximum Gasteiger partial charge on any atom is 0.234 e. The first-order valence-electron chi connectivity index (χ1n) is 3.98. The highest BCUT2D eigenvalue weighted by molar-refractivity contribution is 8.01. The zero-order valence-corrected chi connectivity index (χ0v) is 7.91. The summed E-state index contributed by atoms with van der Waals surface area (Å²) in [7, 11) is 0. The van der Waals surface area contributed by atoms with Crippen LogP contribution < -0.4 is 5.32 Å². The second-order valence-electron chi connectivity index (χ2n) is 2.84. The molecule has 13 heavy (non-hydrogen) atoms. The molecule has 0 aromatic carbocycles. The van der Waals surface area contributed by atoms with Crippen molar-refractivity contribution in [3.05, 3.63) is 24.3 Å². The van der Waals surface area contributed by atoms with E-state index in [1.54, 1.807) is 24.2 Å². The molecule has 1 aliphatic rings. The summed E-state index contributed by atoms with van der Waals surface area (Å²) in [6.07, 6.45) is 4.93. The Hall–Kier alpha value is -1.10. The van der Waals surface area contributed by atoms with E-state index >= 15 is 0 Å². The number of hydrogen-bond acceptors (Lipinski definition) is 4. The molecule has 0 aliphatic carbocycles. The number of carbonyl (C=O) groups excluding carboxylic acids is 1. The second kappa shape index (κ2) is 3.33. The zero-order chi connectivity index (χ0) is 9.26. The van der Waals surface area contributed by atoms with Crippen molar-refractivity contribution in [2.24, 2.45) is 0 Å². The zero-order valence-electron chi connectivity index (χ0n) is 7.10. The van der Waals surface area contributed by atoms with E-state index in [1.165, 1.54) is 6.33 Å². The minimum absolute atomic E-state index is 0.0173. The van der Waals surface area contributed by atoms with Crippen LogP contribution in [0.1, 0.15) is 17.9 Å². The first-order valence-corrected chi connectivity index (χ1v) is 4.92. The lowest BCUT2D eigenvalue weighted by atomic mass is 10.3. The minimum atomic E-state index is 0.0173. The van der Waals surface area contributed by atoms with Gasteiger partial charge in [-0.15, -0.1) is 11.8 Å². The molecule has 2 heterocycles. The lowest BCUT2D eigenvalue weighted by molar-refractivity contribution is -0.119. The van der Waals surface area contributed by atoms with Crippen LogP contribution in [0.15, 0.2) is 18.7 Å². The number of amides is 1. The molecule has 68 valence electrons. The molecule has 2 atom stereocenters. The summed E-state index contributed by atoms with van der Waals surface area (Å²) >= 11 is 1.59. The predicted molar refractivity (Wildman–Crippen MR) is 50.0 cm³/mol. The third-order valence-electron chi connectivity index (χ3n) is 1.87. The van der Waals surface area contributed by atoms with E-state index in [9.17, 15) is 4.79 Å². The molecule has 1 N–H and O–H groups in total. The van der Waals surface area contributed by atoms with Crippen LogP contribution in [0, 0.1) is 0 Å². The minimum Gasteiger partial charge on any atom is -0.339 e. The SMILES string of the molecule is CC1SC(c2cncnc2)NC1=O. The average molecular weight is 195 g/mol. The smallest absolute Gasteiger partial charge is 0.234 e. The number of carbonyl (C=O) groups is 1. The van der Waals surface area contributed by atoms with E-state index in [2.05, 4.69) is 15.3 Å². The van der Waals surface area contributed by atoms with Crippen LogP contribution in [0.2, 0.25) is 0 Å². The van der Waals surface area contributed by atoms with Gasteiger partial charge in [0, 0.05) is 18.0 Å². The van der Waals surface area contributed by atoms with Crippen LogP contribution in [-0.4, -0.2) is 21.1 Å². The molecular weight excluding hydrogens is 186 g/mol. The average Bonchev–Trinajstić information content (AvgIpc) is 2.49. The third-order valence-corrected chi connectivity index (χ3v) is 3.15. The lowest BCUT2D eigenvalue weighted by Gasteiger charge is -2.06. The van der Waals surface area contributed by atoms with Crippen molar-refractivity contribution in [1.29, 1.82) is 0 Å². The number of thioether (sulfide) groups is 1. The Labute approximate surface area is 80.2 Å². The van der Waals surface area contributed by atoms with Crippen LogP contribution in [0.25, 0.3) is 0 Å².